The fourth-order valence-electron chi connectivity index (χ4n) is 4.17. The van der Waals surface area contributed by atoms with E-state index in [0.717, 1.165) is 47.3 Å². The monoisotopic (exact) mass is 430 g/mol. The number of anilines is 1. The number of rotatable bonds is 5. The number of H-pyrrole nitrogens is 1. The van der Waals surface area contributed by atoms with E-state index in [1.54, 1.807) is 19.3 Å². The van der Waals surface area contributed by atoms with Crippen LogP contribution in [0.15, 0.2) is 42.7 Å². The first kappa shape index (κ1) is 21.2. The molecule has 0 saturated carbocycles. The topological polar surface area (TPSA) is 120 Å². The Balaban J connectivity index is 1.76. The summed E-state index contributed by atoms with van der Waals surface area (Å²) in [7, 11) is 1.71. The zero-order valence-electron chi connectivity index (χ0n) is 17.6. The Bertz CT molecular complexity index is 1160. The molecule has 1 aliphatic rings. The van der Waals surface area contributed by atoms with E-state index < -0.39 is 5.95 Å². The molecule has 0 atom stereocenters. The van der Waals surface area contributed by atoms with Crippen molar-refractivity contribution in [1.82, 2.24) is 20.1 Å². The number of hydrogen-bond acceptors (Lipinski definition) is 6. The fraction of sp³-hybridized carbons (Fsp3) is 0.261. The molecule has 162 valence electrons. The van der Waals surface area contributed by atoms with E-state index in [9.17, 15) is 9.65 Å². The zero-order valence-corrected chi connectivity index (χ0v) is 17.6. The van der Waals surface area contributed by atoms with Gasteiger partial charge >= 0.3 is 0 Å². The molecular weight excluding hydrogens is 407 g/mol. The number of hydrogen-bond donors (Lipinski definition) is 3. The van der Waals surface area contributed by atoms with Crippen molar-refractivity contribution in [3.05, 3.63) is 54.2 Å². The van der Waals surface area contributed by atoms with Crippen LogP contribution in [-0.2, 0) is 0 Å². The number of aromatic amines is 1. The minimum Gasteiger partial charge on any atom is -0.370 e. The van der Waals surface area contributed by atoms with Gasteiger partial charge in [-0.05, 0) is 31.0 Å². The second-order valence-electron chi connectivity index (χ2n) is 7.72. The molecule has 1 aromatic carbocycles. The molecule has 0 aliphatic carbocycles. The summed E-state index contributed by atoms with van der Waals surface area (Å²) in [5.74, 6) is -0.0797. The third-order valence-corrected chi connectivity index (χ3v) is 5.89. The quantitative estimate of drug-likeness (QED) is 0.322. The SMILES string of the molecule is CN(C=N)C(=N)C1CCN(c2c(-c3ccc(F)nc3)ccc(-c3ccn[nH]3)c2C#N)CC1. The van der Waals surface area contributed by atoms with Gasteiger partial charge in [0.25, 0.3) is 0 Å². The van der Waals surface area contributed by atoms with Gasteiger partial charge in [-0.3, -0.25) is 15.9 Å². The molecule has 0 radical (unpaired) electrons. The van der Waals surface area contributed by atoms with Crippen molar-refractivity contribution in [3.63, 3.8) is 0 Å². The van der Waals surface area contributed by atoms with Crippen LogP contribution in [0.25, 0.3) is 22.4 Å². The largest absolute Gasteiger partial charge is 0.370 e. The molecule has 0 spiro atoms. The number of amidine groups is 1. The first-order chi connectivity index (χ1) is 15.5. The lowest BCUT2D eigenvalue weighted by Crippen LogP contribution is -2.41. The molecule has 1 aliphatic heterocycles. The summed E-state index contributed by atoms with van der Waals surface area (Å²) >= 11 is 0. The highest BCUT2D eigenvalue weighted by Gasteiger charge is 2.28. The molecule has 2 aromatic heterocycles. The van der Waals surface area contributed by atoms with Crippen molar-refractivity contribution >= 4 is 17.9 Å². The Labute approximate surface area is 185 Å². The van der Waals surface area contributed by atoms with Crippen molar-refractivity contribution < 1.29 is 4.39 Å². The van der Waals surface area contributed by atoms with Gasteiger partial charge in [-0.2, -0.15) is 14.8 Å². The summed E-state index contributed by atoms with van der Waals surface area (Å²) in [6.45, 7) is 1.31. The molecule has 3 heterocycles. The molecule has 1 fully saturated rings. The lowest BCUT2D eigenvalue weighted by Gasteiger charge is -2.36. The van der Waals surface area contributed by atoms with Crippen LogP contribution in [0, 0.1) is 34.0 Å². The number of benzene rings is 1. The van der Waals surface area contributed by atoms with Gasteiger partial charge < -0.3 is 9.80 Å². The van der Waals surface area contributed by atoms with Gasteiger partial charge in [0.2, 0.25) is 5.95 Å². The van der Waals surface area contributed by atoms with Crippen LogP contribution < -0.4 is 4.90 Å². The predicted octanol–water partition coefficient (Wildman–Crippen LogP) is 3.88. The highest BCUT2D eigenvalue weighted by Crippen LogP contribution is 2.40. The molecule has 3 aromatic rings. The smallest absolute Gasteiger partial charge is 0.212 e. The number of aromatic nitrogens is 3. The second kappa shape index (κ2) is 8.98. The van der Waals surface area contributed by atoms with Crippen molar-refractivity contribution in [2.24, 2.45) is 5.92 Å². The Hall–Kier alpha value is -4.06. The number of halogens is 1. The molecule has 9 heteroatoms. The molecule has 1 saturated heterocycles. The van der Waals surface area contributed by atoms with Crippen LogP contribution in [0.5, 0.6) is 0 Å². The summed E-state index contributed by atoms with van der Waals surface area (Å²) in [5, 5.41) is 32.8. The van der Waals surface area contributed by atoms with E-state index in [0.29, 0.717) is 24.5 Å². The van der Waals surface area contributed by atoms with Gasteiger partial charge in [-0.1, -0.05) is 12.1 Å². The van der Waals surface area contributed by atoms with E-state index >= 15 is 0 Å². The summed E-state index contributed by atoms with van der Waals surface area (Å²) in [6, 6.07) is 11.0. The van der Waals surface area contributed by atoms with Gasteiger partial charge in [0.15, 0.2) is 0 Å². The van der Waals surface area contributed by atoms with E-state index in [4.69, 9.17) is 10.8 Å². The summed E-state index contributed by atoms with van der Waals surface area (Å²) in [6.07, 6.45) is 5.74. The maximum Gasteiger partial charge on any atom is 0.212 e. The number of piperidine rings is 1. The first-order valence-electron chi connectivity index (χ1n) is 10.3. The van der Waals surface area contributed by atoms with Crippen LogP contribution in [0.3, 0.4) is 0 Å². The van der Waals surface area contributed by atoms with Crippen LogP contribution >= 0.6 is 0 Å². The Morgan fingerprint density at radius 2 is 2.00 bits per heavy atom. The molecule has 0 bridgehead atoms. The Morgan fingerprint density at radius 1 is 1.25 bits per heavy atom. The molecular formula is C23H23FN8. The summed E-state index contributed by atoms with van der Waals surface area (Å²) in [5.41, 5.74) is 4.32. The van der Waals surface area contributed by atoms with Crippen molar-refractivity contribution in [1.29, 1.82) is 16.1 Å². The highest BCUT2D eigenvalue weighted by molar-refractivity contribution is 5.91. The fourth-order valence-corrected chi connectivity index (χ4v) is 4.17. The average molecular weight is 430 g/mol. The van der Waals surface area contributed by atoms with E-state index in [1.807, 2.05) is 18.2 Å². The van der Waals surface area contributed by atoms with E-state index in [2.05, 4.69) is 26.2 Å². The minimum absolute atomic E-state index is 0.0510. The molecule has 8 nitrogen and oxygen atoms in total. The van der Waals surface area contributed by atoms with E-state index in [-0.39, 0.29) is 5.92 Å². The summed E-state index contributed by atoms with van der Waals surface area (Å²) < 4.78 is 13.4. The van der Waals surface area contributed by atoms with Gasteiger partial charge in [-0.25, -0.2) is 4.98 Å². The number of pyridine rings is 1. The van der Waals surface area contributed by atoms with Crippen molar-refractivity contribution in [2.75, 3.05) is 25.0 Å². The lowest BCUT2D eigenvalue weighted by molar-refractivity contribution is 0.473. The standard InChI is InChI=1S/C23H23FN8/c1-31(14-26)23(27)15-7-10-32(11-8-15)22-17(16-2-5-21(24)28-13-16)3-4-18(19(22)12-25)20-6-9-29-30-20/h2-6,9,13-15,26-27H,7-8,10-11H2,1H3,(H,29,30). The average Bonchev–Trinajstić information content (AvgIpc) is 3.37. The second-order valence-corrected chi connectivity index (χ2v) is 7.72. The summed E-state index contributed by atoms with van der Waals surface area (Å²) in [4.78, 5) is 7.48. The molecule has 0 amide bonds. The van der Waals surface area contributed by atoms with Gasteiger partial charge in [-0.15, -0.1) is 0 Å². The van der Waals surface area contributed by atoms with Gasteiger partial charge in [0.05, 0.1) is 23.3 Å². The zero-order chi connectivity index (χ0) is 22.7. The number of nitrogens with one attached hydrogen (secondary N) is 3. The van der Waals surface area contributed by atoms with E-state index in [1.165, 1.54) is 17.2 Å². The Kier molecular flexibility index (Phi) is 5.94. The predicted molar refractivity (Wildman–Crippen MR) is 121 cm³/mol. The highest BCUT2D eigenvalue weighted by atomic mass is 19.1. The van der Waals surface area contributed by atoms with Crippen LogP contribution in [0.4, 0.5) is 10.1 Å². The molecule has 32 heavy (non-hydrogen) atoms. The van der Waals surface area contributed by atoms with Crippen molar-refractivity contribution in [3.8, 4) is 28.5 Å². The normalized spacial score (nSPS) is 14.1. The maximum absolute atomic E-state index is 13.4. The Morgan fingerprint density at radius 3 is 2.59 bits per heavy atom. The third-order valence-electron chi connectivity index (χ3n) is 5.89. The van der Waals surface area contributed by atoms with Crippen LogP contribution in [0.1, 0.15) is 18.4 Å². The molecule has 0 unspecified atom stereocenters. The van der Waals surface area contributed by atoms with Gasteiger partial charge in [0.1, 0.15) is 11.9 Å². The van der Waals surface area contributed by atoms with Gasteiger partial charge in [0, 0.05) is 55.1 Å². The van der Waals surface area contributed by atoms with Crippen LogP contribution in [-0.4, -0.2) is 52.4 Å². The third kappa shape index (κ3) is 3.95. The minimum atomic E-state index is -0.556. The lowest BCUT2D eigenvalue weighted by atomic mass is 9.91. The number of nitriles is 1. The van der Waals surface area contributed by atoms with Crippen molar-refractivity contribution in [2.45, 2.75) is 12.8 Å². The van der Waals surface area contributed by atoms with Crippen LogP contribution in [0.2, 0.25) is 0 Å². The molecule has 4 rings (SSSR count). The molecule has 3 N–H and O–H groups in total. The first-order valence-corrected chi connectivity index (χ1v) is 10.3. The number of nitrogens with zero attached hydrogens (tertiary/aromatic N) is 5. The maximum atomic E-state index is 13.4.